The topological polar surface area (TPSA) is 76.8 Å². The van der Waals surface area contributed by atoms with Gasteiger partial charge in [-0.15, -0.1) is 5.10 Å². The van der Waals surface area contributed by atoms with Gasteiger partial charge in [0.1, 0.15) is 5.82 Å². The summed E-state index contributed by atoms with van der Waals surface area (Å²) in [6.07, 6.45) is 1.32. The minimum Gasteiger partial charge on any atom is -0.378 e. The molecule has 1 saturated heterocycles. The zero-order valence-corrected chi connectivity index (χ0v) is 6.95. The van der Waals surface area contributed by atoms with E-state index in [-0.39, 0.29) is 0 Å². The third kappa shape index (κ3) is 1.27. The number of aromatic nitrogens is 3. The van der Waals surface area contributed by atoms with E-state index in [4.69, 9.17) is 10.5 Å². The van der Waals surface area contributed by atoms with Crippen molar-refractivity contribution in [2.75, 3.05) is 12.3 Å². The van der Waals surface area contributed by atoms with Crippen molar-refractivity contribution >= 4 is 5.95 Å². The molecule has 3 N–H and O–H groups in total. The lowest BCUT2D eigenvalue weighted by Gasteiger charge is -2.00. The molecule has 2 unspecified atom stereocenters. The second-order valence-corrected chi connectivity index (χ2v) is 3.16. The highest BCUT2D eigenvalue weighted by Crippen LogP contribution is 2.26. The molecule has 1 aromatic heterocycles. The Morgan fingerprint density at radius 3 is 3.00 bits per heavy atom. The van der Waals surface area contributed by atoms with Gasteiger partial charge in [-0.25, -0.2) is 0 Å². The summed E-state index contributed by atoms with van der Waals surface area (Å²) in [5, 5.41) is 6.57. The largest absolute Gasteiger partial charge is 0.378 e. The molecule has 5 nitrogen and oxygen atoms in total. The van der Waals surface area contributed by atoms with Gasteiger partial charge in [0.2, 0.25) is 5.95 Å². The molecule has 2 rings (SSSR count). The zero-order valence-electron chi connectivity index (χ0n) is 6.95. The van der Waals surface area contributed by atoms with Gasteiger partial charge in [-0.2, -0.15) is 4.98 Å². The highest BCUT2D eigenvalue weighted by Gasteiger charge is 2.25. The van der Waals surface area contributed by atoms with E-state index in [1.54, 1.807) is 0 Å². The molecule has 1 aromatic rings. The molecule has 66 valence electrons. The monoisotopic (exact) mass is 168 g/mol. The first kappa shape index (κ1) is 7.54. The van der Waals surface area contributed by atoms with Crippen LogP contribution in [0.4, 0.5) is 5.95 Å². The van der Waals surface area contributed by atoms with Crippen LogP contribution in [-0.4, -0.2) is 27.9 Å². The highest BCUT2D eigenvalue weighted by molar-refractivity contribution is 5.15. The fraction of sp³-hybridized carbons (Fsp3) is 0.714. The Kier molecular flexibility index (Phi) is 1.73. The fourth-order valence-electron chi connectivity index (χ4n) is 1.48. The maximum atomic E-state index is 5.40. The molecule has 1 aliphatic heterocycles. The molecule has 0 aliphatic carbocycles. The second-order valence-electron chi connectivity index (χ2n) is 3.16. The van der Waals surface area contributed by atoms with Crippen LogP contribution in [0.3, 0.4) is 0 Å². The van der Waals surface area contributed by atoms with Crippen molar-refractivity contribution in [1.82, 2.24) is 15.2 Å². The Morgan fingerprint density at radius 2 is 2.50 bits per heavy atom. The van der Waals surface area contributed by atoms with E-state index in [1.165, 1.54) is 0 Å². The smallest absolute Gasteiger partial charge is 0.239 e. The van der Waals surface area contributed by atoms with E-state index in [0.717, 1.165) is 18.9 Å². The van der Waals surface area contributed by atoms with Gasteiger partial charge < -0.3 is 10.5 Å². The van der Waals surface area contributed by atoms with Gasteiger partial charge in [0.15, 0.2) is 0 Å². The van der Waals surface area contributed by atoms with Crippen molar-refractivity contribution in [1.29, 1.82) is 0 Å². The minimum atomic E-state index is 0.310. The molecule has 12 heavy (non-hydrogen) atoms. The van der Waals surface area contributed by atoms with E-state index in [9.17, 15) is 0 Å². The van der Waals surface area contributed by atoms with Crippen molar-refractivity contribution in [3.63, 3.8) is 0 Å². The highest BCUT2D eigenvalue weighted by atomic mass is 16.5. The third-order valence-corrected chi connectivity index (χ3v) is 2.11. The first-order chi connectivity index (χ1) is 5.75. The molecular weight excluding hydrogens is 156 g/mol. The summed E-state index contributed by atoms with van der Waals surface area (Å²) in [7, 11) is 0. The second kappa shape index (κ2) is 2.75. The molecular formula is C7H12N4O. The van der Waals surface area contributed by atoms with Gasteiger partial charge in [0.25, 0.3) is 0 Å². The van der Waals surface area contributed by atoms with E-state index in [2.05, 4.69) is 22.1 Å². The van der Waals surface area contributed by atoms with E-state index in [0.29, 0.717) is 18.0 Å². The molecule has 2 heterocycles. The van der Waals surface area contributed by atoms with E-state index < -0.39 is 0 Å². The van der Waals surface area contributed by atoms with E-state index in [1.807, 2.05) is 0 Å². The predicted octanol–water partition coefficient (Wildman–Crippen LogP) is 0.279. The lowest BCUT2D eigenvalue weighted by Crippen LogP contribution is -2.00. The molecule has 0 amide bonds. The normalized spacial score (nSPS) is 29.4. The maximum Gasteiger partial charge on any atom is 0.239 e. The minimum absolute atomic E-state index is 0.310. The Bertz CT molecular complexity index is 272. The summed E-state index contributed by atoms with van der Waals surface area (Å²) >= 11 is 0. The average molecular weight is 168 g/mol. The lowest BCUT2D eigenvalue weighted by atomic mass is 10.1. The molecule has 2 atom stereocenters. The number of hydrogen-bond acceptors (Lipinski definition) is 4. The summed E-state index contributed by atoms with van der Waals surface area (Å²) < 4.78 is 5.40. The molecule has 0 saturated carbocycles. The first-order valence-electron chi connectivity index (χ1n) is 4.05. The van der Waals surface area contributed by atoms with Crippen molar-refractivity contribution in [3.05, 3.63) is 5.82 Å². The summed E-state index contributed by atoms with van der Waals surface area (Å²) in [6.45, 7) is 2.77. The summed E-state index contributed by atoms with van der Waals surface area (Å²) in [5.41, 5.74) is 5.39. The SMILES string of the molecule is CC1CC(c2nc(N)n[nH]2)CO1. The van der Waals surface area contributed by atoms with Crippen molar-refractivity contribution in [2.24, 2.45) is 0 Å². The lowest BCUT2D eigenvalue weighted by molar-refractivity contribution is 0.123. The summed E-state index contributed by atoms with van der Waals surface area (Å²) in [6, 6.07) is 0. The third-order valence-electron chi connectivity index (χ3n) is 2.11. The predicted molar refractivity (Wildman–Crippen MR) is 43.6 cm³/mol. The van der Waals surface area contributed by atoms with Gasteiger partial charge in [-0.1, -0.05) is 0 Å². The molecule has 1 aliphatic rings. The number of rotatable bonds is 1. The summed E-state index contributed by atoms with van der Waals surface area (Å²) in [4.78, 5) is 4.06. The molecule has 0 spiro atoms. The fourth-order valence-corrected chi connectivity index (χ4v) is 1.48. The number of nitrogens with one attached hydrogen (secondary N) is 1. The van der Waals surface area contributed by atoms with Crippen LogP contribution in [0.25, 0.3) is 0 Å². The molecule has 1 fully saturated rings. The standard InChI is InChI=1S/C7H12N4O/c1-4-2-5(3-12-4)6-9-7(8)11-10-6/h4-5H,2-3H2,1H3,(H3,8,9,10,11). The number of nitrogen functional groups attached to an aromatic ring is 1. The van der Waals surface area contributed by atoms with Crippen LogP contribution in [-0.2, 0) is 4.74 Å². The van der Waals surface area contributed by atoms with Crippen molar-refractivity contribution < 1.29 is 4.74 Å². The molecule has 5 heteroatoms. The van der Waals surface area contributed by atoms with Gasteiger partial charge in [0.05, 0.1) is 12.7 Å². The number of nitrogens with zero attached hydrogens (tertiary/aromatic N) is 2. The van der Waals surface area contributed by atoms with Crippen LogP contribution in [0, 0.1) is 0 Å². The summed E-state index contributed by atoms with van der Waals surface area (Å²) in [5.74, 6) is 1.49. The van der Waals surface area contributed by atoms with Crippen molar-refractivity contribution in [3.8, 4) is 0 Å². The molecule has 0 bridgehead atoms. The quantitative estimate of drug-likeness (QED) is 0.631. The van der Waals surface area contributed by atoms with Crippen LogP contribution in [0.1, 0.15) is 25.1 Å². The number of ether oxygens (including phenoxy) is 1. The van der Waals surface area contributed by atoms with E-state index >= 15 is 0 Å². The van der Waals surface area contributed by atoms with Crippen LogP contribution < -0.4 is 5.73 Å². The van der Waals surface area contributed by atoms with Crippen LogP contribution in [0.15, 0.2) is 0 Å². The average Bonchev–Trinajstić information content (AvgIpc) is 2.58. The number of hydrogen-bond donors (Lipinski definition) is 2. The maximum absolute atomic E-state index is 5.40. The van der Waals surface area contributed by atoms with Crippen LogP contribution in [0.2, 0.25) is 0 Å². The number of aromatic amines is 1. The van der Waals surface area contributed by atoms with Crippen molar-refractivity contribution in [2.45, 2.75) is 25.4 Å². The number of H-pyrrole nitrogens is 1. The number of anilines is 1. The first-order valence-corrected chi connectivity index (χ1v) is 4.05. The molecule has 0 aromatic carbocycles. The van der Waals surface area contributed by atoms with Gasteiger partial charge in [-0.3, -0.25) is 5.10 Å². The van der Waals surface area contributed by atoms with Gasteiger partial charge >= 0.3 is 0 Å². The Hall–Kier alpha value is -1.10. The molecule has 0 radical (unpaired) electrons. The zero-order chi connectivity index (χ0) is 8.55. The Morgan fingerprint density at radius 1 is 1.67 bits per heavy atom. The Labute approximate surface area is 70.3 Å². The van der Waals surface area contributed by atoms with Gasteiger partial charge in [-0.05, 0) is 13.3 Å². The van der Waals surface area contributed by atoms with Crippen LogP contribution in [0.5, 0.6) is 0 Å². The van der Waals surface area contributed by atoms with Gasteiger partial charge in [0, 0.05) is 5.92 Å². The Balaban J connectivity index is 2.11. The number of nitrogens with two attached hydrogens (primary N) is 1. The van der Waals surface area contributed by atoms with Crippen LogP contribution >= 0.6 is 0 Å².